The van der Waals surface area contributed by atoms with Gasteiger partial charge in [-0.25, -0.2) is 4.39 Å². The van der Waals surface area contributed by atoms with E-state index in [1.54, 1.807) is 42.5 Å². The van der Waals surface area contributed by atoms with Crippen LogP contribution in [-0.4, -0.2) is 5.78 Å². The van der Waals surface area contributed by atoms with Crippen LogP contribution in [0.5, 0.6) is 0 Å². The minimum Gasteiger partial charge on any atom is -0.287 e. The average molecular weight is 270 g/mol. The molecule has 2 aromatic rings. The van der Waals surface area contributed by atoms with Gasteiger partial charge >= 0.3 is 0 Å². The van der Waals surface area contributed by atoms with E-state index in [0.717, 1.165) is 11.6 Å². The molecule has 0 unspecified atom stereocenters. The number of carbonyl (C=O) groups excluding carboxylic acids is 1. The van der Waals surface area contributed by atoms with Crippen LogP contribution in [0.3, 0.4) is 0 Å². The molecule has 0 aliphatic heterocycles. The molecule has 0 bridgehead atoms. The van der Waals surface area contributed by atoms with Crippen molar-refractivity contribution in [2.24, 2.45) is 0 Å². The van der Waals surface area contributed by atoms with Crippen molar-refractivity contribution in [2.75, 3.05) is 0 Å². The zero-order chi connectivity index (χ0) is 14.4. The molecule has 0 N–H and O–H groups in total. The predicted octanol–water partition coefficient (Wildman–Crippen LogP) is 4.58. The summed E-state index contributed by atoms with van der Waals surface area (Å²) < 4.78 is 27.4. The molecule has 2 rings (SSSR count). The Morgan fingerprint density at radius 3 is 2.00 bits per heavy atom. The van der Waals surface area contributed by atoms with E-state index in [0.29, 0.717) is 0 Å². The molecule has 0 aliphatic rings. The molecule has 0 amide bonds. The standard InChI is InChI=1S/C17H12F2O/c18-16(14-9-5-2-6-10-14)17(19)15(20)12-11-13-7-3-1-4-8-13/h1-12H/b12-11+,17-16+. The van der Waals surface area contributed by atoms with Gasteiger partial charge in [-0.15, -0.1) is 0 Å². The van der Waals surface area contributed by atoms with Crippen molar-refractivity contribution in [3.8, 4) is 0 Å². The van der Waals surface area contributed by atoms with E-state index in [1.807, 2.05) is 6.07 Å². The van der Waals surface area contributed by atoms with Crippen molar-refractivity contribution in [1.29, 1.82) is 0 Å². The fourth-order valence-corrected chi connectivity index (χ4v) is 1.63. The van der Waals surface area contributed by atoms with Gasteiger partial charge in [-0.05, 0) is 11.6 Å². The molecule has 0 radical (unpaired) electrons. The number of halogens is 2. The molecule has 2 aromatic carbocycles. The van der Waals surface area contributed by atoms with Gasteiger partial charge in [-0.3, -0.25) is 4.79 Å². The van der Waals surface area contributed by atoms with E-state index in [2.05, 4.69) is 0 Å². The second-order valence-corrected chi connectivity index (χ2v) is 4.10. The minimum absolute atomic E-state index is 0.0476. The van der Waals surface area contributed by atoms with Gasteiger partial charge in [0.1, 0.15) is 0 Å². The summed E-state index contributed by atoms with van der Waals surface area (Å²) in [4.78, 5) is 11.6. The van der Waals surface area contributed by atoms with Crippen molar-refractivity contribution in [3.63, 3.8) is 0 Å². The molecule has 100 valence electrons. The zero-order valence-electron chi connectivity index (χ0n) is 10.6. The van der Waals surface area contributed by atoms with Gasteiger partial charge in [0.2, 0.25) is 11.6 Å². The lowest BCUT2D eigenvalue weighted by Crippen LogP contribution is -1.95. The summed E-state index contributed by atoms with van der Waals surface area (Å²) in [5, 5.41) is 0. The van der Waals surface area contributed by atoms with Crippen LogP contribution in [0.1, 0.15) is 11.1 Å². The third kappa shape index (κ3) is 3.48. The lowest BCUT2D eigenvalue weighted by Gasteiger charge is -1.98. The van der Waals surface area contributed by atoms with Crippen LogP contribution in [0.4, 0.5) is 8.78 Å². The topological polar surface area (TPSA) is 17.1 Å². The Balaban J connectivity index is 2.19. The fourth-order valence-electron chi connectivity index (χ4n) is 1.63. The van der Waals surface area contributed by atoms with E-state index < -0.39 is 17.4 Å². The molecule has 1 nitrogen and oxygen atoms in total. The Kier molecular flexibility index (Phi) is 4.56. The highest BCUT2D eigenvalue weighted by Crippen LogP contribution is 2.22. The highest BCUT2D eigenvalue weighted by Gasteiger charge is 2.14. The van der Waals surface area contributed by atoms with Crippen molar-refractivity contribution >= 4 is 17.7 Å². The van der Waals surface area contributed by atoms with E-state index in [-0.39, 0.29) is 5.56 Å². The van der Waals surface area contributed by atoms with Crippen LogP contribution in [-0.2, 0) is 4.79 Å². The third-order valence-corrected chi connectivity index (χ3v) is 2.66. The number of ketones is 1. The highest BCUT2D eigenvalue weighted by molar-refractivity contribution is 6.08. The van der Waals surface area contributed by atoms with E-state index in [1.165, 1.54) is 18.2 Å². The number of carbonyl (C=O) groups is 1. The second-order valence-electron chi connectivity index (χ2n) is 4.10. The van der Waals surface area contributed by atoms with Gasteiger partial charge in [-0.1, -0.05) is 66.7 Å². The van der Waals surface area contributed by atoms with Crippen LogP contribution in [0, 0.1) is 0 Å². The second kappa shape index (κ2) is 6.57. The summed E-state index contributed by atoms with van der Waals surface area (Å²) >= 11 is 0. The Hall–Kier alpha value is -2.55. The molecule has 3 heteroatoms. The van der Waals surface area contributed by atoms with Crippen molar-refractivity contribution in [1.82, 2.24) is 0 Å². The quantitative estimate of drug-likeness (QED) is 0.743. The maximum atomic E-state index is 13.8. The smallest absolute Gasteiger partial charge is 0.217 e. The van der Waals surface area contributed by atoms with E-state index >= 15 is 0 Å². The molecule has 0 saturated carbocycles. The van der Waals surface area contributed by atoms with Crippen LogP contribution >= 0.6 is 0 Å². The number of allylic oxidation sites excluding steroid dienone is 2. The van der Waals surface area contributed by atoms with Gasteiger partial charge in [-0.2, -0.15) is 4.39 Å². The first-order valence-corrected chi connectivity index (χ1v) is 6.06. The Morgan fingerprint density at radius 1 is 0.850 bits per heavy atom. The number of hydrogen-bond acceptors (Lipinski definition) is 1. The Bertz CT molecular complexity index is 643. The van der Waals surface area contributed by atoms with Crippen LogP contribution in [0.2, 0.25) is 0 Å². The molecule has 0 fully saturated rings. The van der Waals surface area contributed by atoms with Gasteiger partial charge in [0.25, 0.3) is 0 Å². The number of rotatable bonds is 4. The zero-order valence-corrected chi connectivity index (χ0v) is 10.6. The Labute approximate surface area is 115 Å². The van der Waals surface area contributed by atoms with Gasteiger partial charge in [0, 0.05) is 5.56 Å². The first-order valence-electron chi connectivity index (χ1n) is 6.06. The SMILES string of the molecule is O=C(/C=C/c1ccccc1)/C(F)=C(\F)c1ccccc1. The van der Waals surface area contributed by atoms with Gasteiger partial charge < -0.3 is 0 Å². The number of benzene rings is 2. The molecule has 0 heterocycles. The normalized spacial score (nSPS) is 12.3. The van der Waals surface area contributed by atoms with Gasteiger partial charge in [0.15, 0.2) is 5.83 Å². The molecule has 0 aromatic heterocycles. The number of hydrogen-bond donors (Lipinski definition) is 0. The van der Waals surface area contributed by atoms with E-state index in [4.69, 9.17) is 0 Å². The van der Waals surface area contributed by atoms with Crippen LogP contribution < -0.4 is 0 Å². The lowest BCUT2D eigenvalue weighted by molar-refractivity contribution is -0.112. The molecule has 0 spiro atoms. The molecule has 20 heavy (non-hydrogen) atoms. The van der Waals surface area contributed by atoms with Crippen molar-refractivity contribution in [3.05, 3.63) is 83.7 Å². The summed E-state index contributed by atoms with van der Waals surface area (Å²) in [5.41, 5.74) is 0.792. The first-order chi connectivity index (χ1) is 9.68. The fraction of sp³-hybridized carbons (Fsp3) is 0. The van der Waals surface area contributed by atoms with E-state index in [9.17, 15) is 13.6 Å². The predicted molar refractivity (Wildman–Crippen MR) is 76.1 cm³/mol. The van der Waals surface area contributed by atoms with Crippen LogP contribution in [0.25, 0.3) is 11.9 Å². The summed E-state index contributed by atoms with van der Waals surface area (Å²) in [5.74, 6) is -3.52. The lowest BCUT2D eigenvalue weighted by atomic mass is 10.1. The summed E-state index contributed by atoms with van der Waals surface area (Å²) in [7, 11) is 0. The molecule has 0 saturated heterocycles. The summed E-state index contributed by atoms with van der Waals surface area (Å²) in [6, 6.07) is 16.6. The molecular formula is C17H12F2O. The molecular weight excluding hydrogens is 258 g/mol. The molecule has 0 atom stereocenters. The maximum Gasteiger partial charge on any atom is 0.217 e. The van der Waals surface area contributed by atoms with Gasteiger partial charge in [0.05, 0.1) is 0 Å². The van der Waals surface area contributed by atoms with Crippen LogP contribution in [0.15, 0.2) is 72.6 Å². The third-order valence-electron chi connectivity index (χ3n) is 2.66. The Morgan fingerprint density at radius 2 is 1.40 bits per heavy atom. The first kappa shape index (κ1) is 13.9. The average Bonchev–Trinajstić information content (AvgIpc) is 2.53. The largest absolute Gasteiger partial charge is 0.287 e. The highest BCUT2D eigenvalue weighted by atomic mass is 19.2. The summed E-state index contributed by atoms with van der Waals surface area (Å²) in [6.45, 7) is 0. The minimum atomic E-state index is -1.39. The maximum absolute atomic E-state index is 13.8. The summed E-state index contributed by atoms with van der Waals surface area (Å²) in [6.07, 6.45) is 2.47. The molecule has 0 aliphatic carbocycles. The monoisotopic (exact) mass is 270 g/mol. The van der Waals surface area contributed by atoms with Crippen molar-refractivity contribution in [2.45, 2.75) is 0 Å². The van der Waals surface area contributed by atoms with Crippen molar-refractivity contribution < 1.29 is 13.6 Å².